The van der Waals surface area contributed by atoms with E-state index in [4.69, 9.17) is 4.74 Å². The van der Waals surface area contributed by atoms with Gasteiger partial charge in [-0.25, -0.2) is 0 Å². The zero-order chi connectivity index (χ0) is 9.57. The Morgan fingerprint density at radius 2 is 2.23 bits per heavy atom. The Kier molecular flexibility index (Phi) is 4.51. The minimum atomic E-state index is 0.0907. The van der Waals surface area contributed by atoms with Crippen molar-refractivity contribution >= 4 is 0 Å². The molecule has 0 aliphatic heterocycles. The normalized spacial score (nSPS) is 27.8. The largest absolute Gasteiger partial charge is 0.374 e. The van der Waals surface area contributed by atoms with E-state index in [1.54, 1.807) is 0 Å². The Labute approximate surface area is 82.2 Å². The van der Waals surface area contributed by atoms with Crippen molar-refractivity contribution in [1.82, 2.24) is 0 Å². The first kappa shape index (κ1) is 10.8. The summed E-state index contributed by atoms with van der Waals surface area (Å²) in [6.45, 7) is 2.25. The number of allylic oxidation sites excluding steroid dienone is 1. The van der Waals surface area contributed by atoms with E-state index in [0.717, 1.165) is 0 Å². The lowest BCUT2D eigenvalue weighted by Gasteiger charge is -2.31. The Morgan fingerprint density at radius 3 is 2.77 bits per heavy atom. The molecule has 1 aliphatic carbocycles. The number of ether oxygens (including phenoxy) is 1. The van der Waals surface area contributed by atoms with Crippen LogP contribution >= 0.6 is 0 Å². The van der Waals surface area contributed by atoms with Crippen LogP contribution in [-0.4, -0.2) is 12.7 Å². The van der Waals surface area contributed by atoms with Crippen LogP contribution in [0.1, 0.15) is 51.9 Å². The van der Waals surface area contributed by atoms with Gasteiger partial charge in [0.15, 0.2) is 0 Å². The summed E-state index contributed by atoms with van der Waals surface area (Å²) in [5.41, 5.74) is 0.0907. The lowest BCUT2D eigenvalue weighted by atomic mass is 9.86. The first-order chi connectivity index (χ1) is 6.33. The van der Waals surface area contributed by atoms with Crippen molar-refractivity contribution in [2.75, 3.05) is 7.11 Å². The van der Waals surface area contributed by atoms with Gasteiger partial charge in [0.05, 0.1) is 5.60 Å². The maximum Gasteiger partial charge on any atom is 0.0858 e. The van der Waals surface area contributed by atoms with Gasteiger partial charge < -0.3 is 4.74 Å². The fourth-order valence-electron chi connectivity index (χ4n) is 2.06. The molecular weight excluding hydrogens is 160 g/mol. The Balaban J connectivity index is 2.39. The van der Waals surface area contributed by atoms with Gasteiger partial charge in [-0.2, -0.15) is 0 Å². The van der Waals surface area contributed by atoms with Crippen molar-refractivity contribution in [1.29, 1.82) is 0 Å². The van der Waals surface area contributed by atoms with Gasteiger partial charge in [-0.3, -0.25) is 0 Å². The lowest BCUT2D eigenvalue weighted by molar-refractivity contribution is 0.0108. The monoisotopic (exact) mass is 182 g/mol. The number of methoxy groups -OCH3 is 1. The summed E-state index contributed by atoms with van der Waals surface area (Å²) in [5.74, 6) is 0. The first-order valence-corrected chi connectivity index (χ1v) is 5.56. The highest BCUT2D eigenvalue weighted by molar-refractivity contribution is 5.05. The Hall–Kier alpha value is -0.300. The van der Waals surface area contributed by atoms with Crippen LogP contribution in [0.2, 0.25) is 0 Å². The summed E-state index contributed by atoms with van der Waals surface area (Å²) >= 11 is 0. The molecule has 1 unspecified atom stereocenters. The summed E-state index contributed by atoms with van der Waals surface area (Å²) < 4.78 is 5.64. The third-order valence-electron chi connectivity index (χ3n) is 3.00. The van der Waals surface area contributed by atoms with Crippen LogP contribution in [0.3, 0.4) is 0 Å². The molecule has 0 saturated heterocycles. The molecule has 76 valence electrons. The fraction of sp³-hybridized carbons (Fsp3) is 0.833. The average Bonchev–Trinajstić information content (AvgIpc) is 2.20. The molecule has 0 radical (unpaired) electrons. The van der Waals surface area contributed by atoms with Crippen LogP contribution in [0.4, 0.5) is 0 Å². The van der Waals surface area contributed by atoms with E-state index in [9.17, 15) is 0 Å². The zero-order valence-corrected chi connectivity index (χ0v) is 9.01. The molecule has 1 rings (SSSR count). The highest BCUT2D eigenvalue weighted by Gasteiger charge is 2.26. The Morgan fingerprint density at radius 1 is 1.38 bits per heavy atom. The van der Waals surface area contributed by atoms with E-state index in [2.05, 4.69) is 19.1 Å². The van der Waals surface area contributed by atoms with Crippen LogP contribution in [-0.2, 0) is 4.74 Å². The summed E-state index contributed by atoms with van der Waals surface area (Å²) in [6, 6.07) is 0. The summed E-state index contributed by atoms with van der Waals surface area (Å²) in [6.07, 6.45) is 13.4. The van der Waals surface area contributed by atoms with Crippen LogP contribution < -0.4 is 0 Å². The number of hydrogen-bond acceptors (Lipinski definition) is 1. The van der Waals surface area contributed by atoms with Gasteiger partial charge in [0.25, 0.3) is 0 Å². The van der Waals surface area contributed by atoms with Crippen LogP contribution in [0.15, 0.2) is 12.2 Å². The molecule has 13 heavy (non-hydrogen) atoms. The average molecular weight is 182 g/mol. The topological polar surface area (TPSA) is 9.23 Å². The molecule has 1 atom stereocenters. The molecule has 1 heteroatoms. The van der Waals surface area contributed by atoms with Gasteiger partial charge in [0.2, 0.25) is 0 Å². The van der Waals surface area contributed by atoms with E-state index in [1.807, 2.05) is 7.11 Å². The molecular formula is C12H22O. The molecule has 0 aromatic rings. The molecule has 0 N–H and O–H groups in total. The maximum atomic E-state index is 5.64. The molecule has 0 saturated carbocycles. The fourth-order valence-corrected chi connectivity index (χ4v) is 2.06. The summed E-state index contributed by atoms with van der Waals surface area (Å²) in [7, 11) is 1.85. The molecule has 0 aromatic heterocycles. The number of rotatable bonds is 5. The van der Waals surface area contributed by atoms with Gasteiger partial charge in [-0.15, -0.1) is 0 Å². The number of hydrogen-bond donors (Lipinski definition) is 0. The van der Waals surface area contributed by atoms with E-state index < -0.39 is 0 Å². The van der Waals surface area contributed by atoms with E-state index >= 15 is 0 Å². The van der Waals surface area contributed by atoms with Gasteiger partial charge in [0.1, 0.15) is 0 Å². The lowest BCUT2D eigenvalue weighted by Crippen LogP contribution is -2.30. The van der Waals surface area contributed by atoms with Gasteiger partial charge in [0, 0.05) is 7.11 Å². The van der Waals surface area contributed by atoms with Crippen molar-refractivity contribution in [2.45, 2.75) is 57.5 Å². The van der Waals surface area contributed by atoms with E-state index in [0.29, 0.717) is 0 Å². The predicted octanol–water partition coefficient (Wildman–Crippen LogP) is 3.69. The molecule has 1 nitrogen and oxygen atoms in total. The van der Waals surface area contributed by atoms with Crippen molar-refractivity contribution in [3.8, 4) is 0 Å². The minimum Gasteiger partial charge on any atom is -0.374 e. The first-order valence-electron chi connectivity index (χ1n) is 5.56. The molecule has 0 heterocycles. The number of unbranched alkanes of at least 4 members (excludes halogenated alkanes) is 2. The molecule has 0 fully saturated rings. The van der Waals surface area contributed by atoms with Gasteiger partial charge in [-0.1, -0.05) is 38.3 Å². The van der Waals surface area contributed by atoms with Gasteiger partial charge in [-0.05, 0) is 25.7 Å². The molecule has 1 aliphatic rings. The highest BCUT2D eigenvalue weighted by Crippen LogP contribution is 2.30. The Bertz CT molecular complexity index is 163. The second kappa shape index (κ2) is 5.43. The molecule has 0 aromatic carbocycles. The van der Waals surface area contributed by atoms with Crippen LogP contribution in [0, 0.1) is 0 Å². The third kappa shape index (κ3) is 3.15. The van der Waals surface area contributed by atoms with Crippen molar-refractivity contribution in [3.05, 3.63) is 12.2 Å². The second-order valence-corrected chi connectivity index (χ2v) is 4.02. The maximum absolute atomic E-state index is 5.64. The zero-order valence-electron chi connectivity index (χ0n) is 9.01. The highest BCUT2D eigenvalue weighted by atomic mass is 16.5. The van der Waals surface area contributed by atoms with Crippen LogP contribution in [0.5, 0.6) is 0 Å². The summed E-state index contributed by atoms with van der Waals surface area (Å²) in [5, 5.41) is 0. The minimum absolute atomic E-state index is 0.0907. The van der Waals surface area contributed by atoms with E-state index in [-0.39, 0.29) is 5.60 Å². The van der Waals surface area contributed by atoms with Crippen molar-refractivity contribution in [3.63, 3.8) is 0 Å². The molecule has 0 amide bonds. The second-order valence-electron chi connectivity index (χ2n) is 4.02. The standard InChI is InChI=1S/C12H22O/c1-3-4-6-9-12(13-2)10-7-5-8-11-12/h7,10H,3-6,8-9,11H2,1-2H3. The SMILES string of the molecule is CCCCCC1(OC)C=CCCC1. The van der Waals surface area contributed by atoms with Gasteiger partial charge >= 0.3 is 0 Å². The van der Waals surface area contributed by atoms with Crippen LogP contribution in [0.25, 0.3) is 0 Å². The van der Waals surface area contributed by atoms with Crippen molar-refractivity contribution in [2.24, 2.45) is 0 Å². The van der Waals surface area contributed by atoms with E-state index in [1.165, 1.54) is 44.9 Å². The smallest absolute Gasteiger partial charge is 0.0858 e. The summed E-state index contributed by atoms with van der Waals surface area (Å²) in [4.78, 5) is 0. The predicted molar refractivity (Wildman–Crippen MR) is 56.9 cm³/mol. The molecule has 0 spiro atoms. The quantitative estimate of drug-likeness (QED) is 0.465. The molecule has 0 bridgehead atoms. The van der Waals surface area contributed by atoms with Crippen molar-refractivity contribution < 1.29 is 4.74 Å². The third-order valence-corrected chi connectivity index (χ3v) is 3.00.